The molecule has 0 fully saturated rings. The van der Waals surface area contributed by atoms with Gasteiger partial charge in [0.25, 0.3) is 0 Å². The highest BCUT2D eigenvalue weighted by Crippen LogP contribution is 2.32. The third-order valence-corrected chi connectivity index (χ3v) is 4.55. The minimum absolute atomic E-state index is 0.218. The number of fused-ring (bicyclic) bond motifs is 1. The Morgan fingerprint density at radius 3 is 2.85 bits per heavy atom. The van der Waals surface area contributed by atoms with Gasteiger partial charge in [-0.2, -0.15) is 8.42 Å². The number of nitrogens with one attached hydrogen (secondary N) is 1. The molecule has 1 aliphatic rings. The minimum Gasteiger partial charge on any atom is -0.452 e. The zero-order valence-electron chi connectivity index (χ0n) is 11.1. The summed E-state index contributed by atoms with van der Waals surface area (Å²) in [6, 6.07) is 6.80. The number of hydrogen-bond acceptors (Lipinski definition) is 5. The zero-order valence-corrected chi connectivity index (χ0v) is 11.9. The fraction of sp³-hybridized carbons (Fsp3) is 0.417. The number of carbonyl (C=O) groups is 1. The van der Waals surface area contributed by atoms with Crippen molar-refractivity contribution in [3.63, 3.8) is 0 Å². The van der Waals surface area contributed by atoms with Gasteiger partial charge in [0.2, 0.25) is 0 Å². The summed E-state index contributed by atoms with van der Waals surface area (Å²) in [5.74, 6) is 0. The number of ether oxygens (including phenoxy) is 1. The van der Waals surface area contributed by atoms with Gasteiger partial charge >= 0.3 is 16.3 Å². The van der Waals surface area contributed by atoms with Crippen LogP contribution in [0.3, 0.4) is 0 Å². The highest BCUT2D eigenvalue weighted by molar-refractivity contribution is 7.91. The topological polar surface area (TPSA) is 102 Å². The molecule has 1 amide bonds. The maximum absolute atomic E-state index is 12.3. The summed E-state index contributed by atoms with van der Waals surface area (Å²) in [5, 5.41) is 0. The molecule has 110 valence electrons. The Morgan fingerprint density at radius 2 is 2.15 bits per heavy atom. The molecule has 0 radical (unpaired) electrons. The molecule has 2 rings (SSSR count). The van der Waals surface area contributed by atoms with E-state index in [9.17, 15) is 13.2 Å². The van der Waals surface area contributed by atoms with Crippen LogP contribution in [0.1, 0.15) is 24.4 Å². The molecule has 0 spiro atoms. The number of hydrogen-bond donors (Lipinski definition) is 2. The first kappa shape index (κ1) is 14.6. The molecule has 1 heterocycles. The highest BCUT2D eigenvalue weighted by Gasteiger charge is 2.29. The molecule has 1 atom stereocenters. The van der Waals surface area contributed by atoms with Crippen LogP contribution in [0.2, 0.25) is 0 Å². The van der Waals surface area contributed by atoms with E-state index in [2.05, 4.69) is 4.74 Å². The molecule has 0 saturated carbocycles. The van der Waals surface area contributed by atoms with Gasteiger partial charge < -0.3 is 10.5 Å². The Morgan fingerprint density at radius 1 is 1.45 bits per heavy atom. The van der Waals surface area contributed by atoms with Crippen molar-refractivity contribution in [3.05, 3.63) is 29.8 Å². The maximum atomic E-state index is 12.3. The monoisotopic (exact) mass is 299 g/mol. The van der Waals surface area contributed by atoms with Gasteiger partial charge in [0.15, 0.2) is 0 Å². The van der Waals surface area contributed by atoms with Crippen LogP contribution in [0.25, 0.3) is 0 Å². The lowest BCUT2D eigenvalue weighted by Crippen LogP contribution is -2.44. The first-order valence-corrected chi connectivity index (χ1v) is 7.62. The van der Waals surface area contributed by atoms with Crippen molar-refractivity contribution < 1.29 is 17.9 Å². The second-order valence-corrected chi connectivity index (χ2v) is 6.07. The number of para-hydroxylation sites is 1. The smallest absolute Gasteiger partial charge is 0.422 e. The summed E-state index contributed by atoms with van der Waals surface area (Å²) in [4.78, 5) is 11.2. The number of nitrogens with two attached hydrogens (primary N) is 1. The van der Waals surface area contributed by atoms with Crippen LogP contribution in [0.15, 0.2) is 24.3 Å². The Balaban J connectivity index is 2.41. The normalized spacial score (nSPS) is 18.9. The van der Waals surface area contributed by atoms with Gasteiger partial charge in [-0.25, -0.2) is 9.52 Å². The van der Waals surface area contributed by atoms with Crippen LogP contribution in [-0.2, 0) is 14.9 Å². The molecular weight excluding hydrogens is 282 g/mol. The Kier molecular flexibility index (Phi) is 4.15. The number of anilines is 1. The molecule has 7 nitrogen and oxygen atoms in total. The summed E-state index contributed by atoms with van der Waals surface area (Å²) in [6.45, 7) is 0.261. The van der Waals surface area contributed by atoms with Crippen molar-refractivity contribution in [1.29, 1.82) is 0 Å². The van der Waals surface area contributed by atoms with E-state index in [1.54, 1.807) is 18.2 Å². The van der Waals surface area contributed by atoms with Crippen molar-refractivity contribution >= 4 is 22.0 Å². The minimum atomic E-state index is -4.00. The number of methoxy groups -OCH3 is 1. The molecule has 0 bridgehead atoms. The van der Waals surface area contributed by atoms with Crippen LogP contribution in [0, 0.1) is 0 Å². The van der Waals surface area contributed by atoms with E-state index in [0.29, 0.717) is 18.5 Å². The van der Waals surface area contributed by atoms with Crippen molar-refractivity contribution in [2.24, 2.45) is 5.73 Å². The zero-order chi connectivity index (χ0) is 14.8. The molecule has 3 N–H and O–H groups in total. The lowest BCUT2D eigenvalue weighted by atomic mass is 10.0. The van der Waals surface area contributed by atoms with E-state index in [1.165, 1.54) is 0 Å². The Labute approximate surface area is 117 Å². The van der Waals surface area contributed by atoms with Crippen LogP contribution in [0.5, 0.6) is 0 Å². The summed E-state index contributed by atoms with van der Waals surface area (Å²) in [5.41, 5.74) is 7.29. The van der Waals surface area contributed by atoms with Crippen LogP contribution in [-0.4, -0.2) is 28.2 Å². The molecule has 1 aromatic carbocycles. The largest absolute Gasteiger partial charge is 0.452 e. The molecular formula is C12H17N3O4S. The lowest BCUT2D eigenvalue weighted by molar-refractivity contribution is 0.177. The van der Waals surface area contributed by atoms with Crippen LogP contribution in [0.4, 0.5) is 10.5 Å². The van der Waals surface area contributed by atoms with Crippen molar-refractivity contribution in [2.45, 2.75) is 18.9 Å². The number of amides is 1. The Bertz CT molecular complexity index is 602. The van der Waals surface area contributed by atoms with Gasteiger partial charge in [-0.05, 0) is 24.5 Å². The van der Waals surface area contributed by atoms with Crippen molar-refractivity contribution in [3.8, 4) is 0 Å². The molecule has 1 aliphatic heterocycles. The third-order valence-electron chi connectivity index (χ3n) is 3.17. The maximum Gasteiger partial charge on any atom is 0.422 e. The van der Waals surface area contributed by atoms with Gasteiger partial charge in [0.1, 0.15) is 0 Å². The van der Waals surface area contributed by atoms with E-state index in [1.807, 2.05) is 10.8 Å². The van der Waals surface area contributed by atoms with Gasteiger partial charge in [-0.15, -0.1) is 0 Å². The SMILES string of the molecule is COC(=O)NS(=O)(=O)N1CCCC(N)c2ccccc21. The third kappa shape index (κ3) is 2.86. The number of benzene rings is 1. The van der Waals surface area contributed by atoms with Crippen molar-refractivity contribution in [2.75, 3.05) is 18.0 Å². The first-order valence-electron chi connectivity index (χ1n) is 6.18. The highest BCUT2D eigenvalue weighted by atomic mass is 32.2. The van der Waals surface area contributed by atoms with Crippen molar-refractivity contribution in [1.82, 2.24) is 4.72 Å². The van der Waals surface area contributed by atoms with Gasteiger partial charge in [-0.1, -0.05) is 18.2 Å². The summed E-state index contributed by atoms with van der Waals surface area (Å²) < 4.78 is 31.9. The second-order valence-electron chi connectivity index (χ2n) is 4.48. The molecule has 0 aromatic heterocycles. The van der Waals surface area contributed by atoms with Gasteiger partial charge in [-0.3, -0.25) is 4.31 Å². The molecule has 1 aromatic rings. The average Bonchev–Trinajstić information content (AvgIpc) is 2.58. The molecule has 0 saturated heterocycles. The Hall–Kier alpha value is -1.80. The summed E-state index contributed by atoms with van der Waals surface area (Å²) in [6.07, 6.45) is 0.273. The average molecular weight is 299 g/mol. The van der Waals surface area contributed by atoms with Crippen LogP contribution >= 0.6 is 0 Å². The fourth-order valence-corrected chi connectivity index (χ4v) is 3.41. The summed E-state index contributed by atoms with van der Waals surface area (Å²) >= 11 is 0. The van der Waals surface area contributed by atoms with E-state index in [4.69, 9.17) is 5.73 Å². The fourth-order valence-electron chi connectivity index (χ4n) is 2.21. The van der Waals surface area contributed by atoms with Gasteiger partial charge in [0, 0.05) is 12.6 Å². The summed E-state index contributed by atoms with van der Waals surface area (Å²) in [7, 11) is -2.89. The number of nitrogens with zero attached hydrogens (tertiary/aromatic N) is 1. The molecule has 0 aliphatic carbocycles. The lowest BCUT2D eigenvalue weighted by Gasteiger charge is -2.24. The molecule has 1 unspecified atom stereocenters. The van der Waals surface area contributed by atoms with E-state index >= 15 is 0 Å². The van der Waals surface area contributed by atoms with E-state index in [-0.39, 0.29) is 12.6 Å². The van der Waals surface area contributed by atoms with E-state index in [0.717, 1.165) is 17.0 Å². The predicted octanol–water partition coefficient (Wildman–Crippen LogP) is 0.887. The standard InChI is InChI=1S/C12H17N3O4S/c1-19-12(16)14-20(17,18)15-8-4-6-10(13)9-5-2-3-7-11(9)15/h2-3,5,7,10H,4,6,8,13H2,1H3,(H,14,16). The predicted molar refractivity (Wildman–Crippen MR) is 74.4 cm³/mol. The molecule has 8 heteroatoms. The number of rotatable bonds is 2. The second kappa shape index (κ2) is 5.68. The number of carbonyl (C=O) groups excluding carboxylic acids is 1. The van der Waals surface area contributed by atoms with E-state index < -0.39 is 16.3 Å². The first-order chi connectivity index (χ1) is 9.45. The van der Waals surface area contributed by atoms with Gasteiger partial charge in [0.05, 0.1) is 12.8 Å². The molecule has 20 heavy (non-hydrogen) atoms. The van der Waals surface area contributed by atoms with Crippen LogP contribution < -0.4 is 14.8 Å². The quantitative estimate of drug-likeness (QED) is 0.844.